The number of ether oxygens (including phenoxy) is 3. The first-order valence-electron chi connectivity index (χ1n) is 12.0. The number of nitrogens with one attached hydrogen (secondary N) is 2. The lowest BCUT2D eigenvalue weighted by molar-refractivity contribution is -0.274. The minimum atomic E-state index is -4.97. The molecule has 0 saturated carbocycles. The van der Waals surface area contributed by atoms with Gasteiger partial charge in [-0.2, -0.15) is 5.10 Å². The molecule has 4 aromatic rings. The lowest BCUT2D eigenvalue weighted by Crippen LogP contribution is -2.24. The van der Waals surface area contributed by atoms with Crippen molar-refractivity contribution >= 4 is 29.2 Å². The van der Waals surface area contributed by atoms with Gasteiger partial charge < -0.3 is 24.8 Å². The Morgan fingerprint density at radius 2 is 1.83 bits per heavy atom. The number of amides is 2. The first-order chi connectivity index (χ1) is 19.8. The van der Waals surface area contributed by atoms with E-state index < -0.39 is 48.9 Å². The van der Waals surface area contributed by atoms with E-state index in [1.807, 2.05) is 0 Å². The summed E-state index contributed by atoms with van der Waals surface area (Å²) in [6, 6.07) is 7.10. The maximum atomic E-state index is 14.2. The Morgan fingerprint density at radius 1 is 1.07 bits per heavy atom. The van der Waals surface area contributed by atoms with Crippen LogP contribution in [0.1, 0.15) is 28.5 Å². The first-order valence-corrected chi connectivity index (χ1v) is 12.0. The topological polar surface area (TPSA) is 146 Å². The number of esters is 1. The standard InChI is InChI=1S/C26H22F4N6O6/c1-13-17(20-6-7-22-33-21(11-36(22)35-20)34-23(38)12-41-14(2)37)9-18(25(32-13)40-3)24(39)31-10-15-8-16(4-5-19(15)27)42-26(28,29)30/h4-9,11H,10,12H2,1-3H3,(H,31,39)(H,34,38). The second kappa shape index (κ2) is 12.1. The molecule has 2 N–H and O–H groups in total. The van der Waals surface area contributed by atoms with Gasteiger partial charge in [0.25, 0.3) is 11.8 Å². The number of aromatic nitrogens is 4. The summed E-state index contributed by atoms with van der Waals surface area (Å²) in [4.78, 5) is 44.4. The third kappa shape index (κ3) is 7.26. The molecule has 0 bridgehead atoms. The molecule has 16 heteroatoms. The third-order valence-corrected chi connectivity index (χ3v) is 5.58. The molecule has 0 aliphatic carbocycles. The molecule has 42 heavy (non-hydrogen) atoms. The number of aryl methyl sites for hydroxylation is 1. The molecule has 0 spiro atoms. The summed E-state index contributed by atoms with van der Waals surface area (Å²) in [7, 11) is 1.29. The van der Waals surface area contributed by atoms with Crippen LogP contribution in [0, 0.1) is 12.7 Å². The number of carbonyl (C=O) groups is 3. The molecular weight excluding hydrogens is 568 g/mol. The van der Waals surface area contributed by atoms with Crippen molar-refractivity contribution in [2.24, 2.45) is 0 Å². The number of hydrogen-bond donors (Lipinski definition) is 2. The highest BCUT2D eigenvalue weighted by molar-refractivity contribution is 5.97. The summed E-state index contributed by atoms with van der Waals surface area (Å²) in [5.74, 6) is -3.34. The van der Waals surface area contributed by atoms with E-state index in [1.165, 1.54) is 30.8 Å². The van der Waals surface area contributed by atoms with E-state index in [0.717, 1.165) is 18.2 Å². The quantitative estimate of drug-likeness (QED) is 0.221. The zero-order valence-electron chi connectivity index (χ0n) is 22.2. The van der Waals surface area contributed by atoms with E-state index >= 15 is 0 Å². The van der Waals surface area contributed by atoms with Crippen LogP contribution < -0.4 is 20.1 Å². The van der Waals surface area contributed by atoms with Crippen LogP contribution in [0.5, 0.6) is 11.6 Å². The van der Waals surface area contributed by atoms with Crippen LogP contribution in [0.3, 0.4) is 0 Å². The molecule has 0 saturated heterocycles. The van der Waals surface area contributed by atoms with E-state index in [-0.39, 0.29) is 22.8 Å². The van der Waals surface area contributed by atoms with E-state index in [0.29, 0.717) is 22.6 Å². The van der Waals surface area contributed by atoms with Crippen molar-refractivity contribution in [3.05, 3.63) is 65.2 Å². The number of halogens is 4. The largest absolute Gasteiger partial charge is 0.573 e. The first kappa shape index (κ1) is 29.7. The Bertz CT molecular complexity index is 1670. The van der Waals surface area contributed by atoms with Gasteiger partial charge in [0.05, 0.1) is 24.7 Å². The van der Waals surface area contributed by atoms with Gasteiger partial charge in [0.1, 0.15) is 17.1 Å². The minimum Gasteiger partial charge on any atom is -0.480 e. The molecule has 0 aliphatic heterocycles. The summed E-state index contributed by atoms with van der Waals surface area (Å²) >= 11 is 0. The van der Waals surface area contributed by atoms with E-state index in [1.54, 1.807) is 19.1 Å². The van der Waals surface area contributed by atoms with Gasteiger partial charge in [0.2, 0.25) is 5.88 Å². The van der Waals surface area contributed by atoms with Crippen LogP contribution in [0.25, 0.3) is 16.9 Å². The normalized spacial score (nSPS) is 11.2. The van der Waals surface area contributed by atoms with Crippen molar-refractivity contribution in [2.45, 2.75) is 26.8 Å². The van der Waals surface area contributed by atoms with Gasteiger partial charge in [0.15, 0.2) is 18.1 Å². The molecular formula is C26H22F4N6O6. The smallest absolute Gasteiger partial charge is 0.480 e. The van der Waals surface area contributed by atoms with Gasteiger partial charge >= 0.3 is 12.3 Å². The molecule has 0 aliphatic rings. The van der Waals surface area contributed by atoms with Crippen LogP contribution in [-0.2, 0) is 20.9 Å². The highest BCUT2D eigenvalue weighted by Gasteiger charge is 2.31. The Labute approximate surface area is 234 Å². The fraction of sp³-hybridized carbons (Fsp3) is 0.231. The maximum Gasteiger partial charge on any atom is 0.573 e. The molecule has 0 atom stereocenters. The van der Waals surface area contributed by atoms with Crippen LogP contribution in [0.2, 0.25) is 0 Å². The lowest BCUT2D eigenvalue weighted by Gasteiger charge is -2.14. The predicted octanol–water partition coefficient (Wildman–Crippen LogP) is 3.58. The number of nitrogens with zero attached hydrogens (tertiary/aromatic N) is 4. The van der Waals surface area contributed by atoms with Crippen molar-refractivity contribution in [3.8, 4) is 22.9 Å². The number of hydrogen-bond acceptors (Lipinski definition) is 9. The zero-order chi connectivity index (χ0) is 30.6. The SMILES string of the molecule is COc1nc(C)c(-c2ccc3nc(NC(=O)COC(C)=O)cn3n2)cc1C(=O)NCc1cc(OC(F)(F)F)ccc1F. The number of alkyl halides is 3. The third-order valence-electron chi connectivity index (χ3n) is 5.58. The van der Waals surface area contributed by atoms with Crippen LogP contribution in [0.15, 0.2) is 42.6 Å². The Kier molecular flexibility index (Phi) is 8.54. The summed E-state index contributed by atoms with van der Waals surface area (Å²) < 4.78 is 66.9. The molecule has 3 heterocycles. The molecule has 12 nitrogen and oxygen atoms in total. The van der Waals surface area contributed by atoms with Crippen LogP contribution in [0.4, 0.5) is 23.4 Å². The predicted molar refractivity (Wildman–Crippen MR) is 137 cm³/mol. The zero-order valence-corrected chi connectivity index (χ0v) is 22.2. The fourth-order valence-corrected chi connectivity index (χ4v) is 3.75. The van der Waals surface area contributed by atoms with Crippen molar-refractivity contribution in [1.82, 2.24) is 24.9 Å². The number of methoxy groups -OCH3 is 1. The monoisotopic (exact) mass is 590 g/mol. The van der Waals surface area contributed by atoms with E-state index in [9.17, 15) is 31.9 Å². The summed E-state index contributed by atoms with van der Waals surface area (Å²) in [6.45, 7) is 1.88. The number of fused-ring (bicyclic) bond motifs is 1. The minimum absolute atomic E-state index is 0.0489. The number of carbonyl (C=O) groups excluding carboxylic acids is 3. The van der Waals surface area contributed by atoms with Gasteiger partial charge in [-0.05, 0) is 43.3 Å². The lowest BCUT2D eigenvalue weighted by atomic mass is 10.1. The second-order valence-electron chi connectivity index (χ2n) is 8.64. The Morgan fingerprint density at radius 3 is 2.52 bits per heavy atom. The van der Waals surface area contributed by atoms with Gasteiger partial charge in [0, 0.05) is 24.6 Å². The highest BCUT2D eigenvalue weighted by Crippen LogP contribution is 2.28. The molecule has 0 unspecified atom stereocenters. The second-order valence-corrected chi connectivity index (χ2v) is 8.64. The van der Waals surface area contributed by atoms with Gasteiger partial charge in [-0.15, -0.1) is 13.2 Å². The number of rotatable bonds is 9. The Balaban J connectivity index is 1.56. The maximum absolute atomic E-state index is 14.2. The molecule has 4 rings (SSSR count). The van der Waals surface area contributed by atoms with Crippen molar-refractivity contribution in [3.63, 3.8) is 0 Å². The molecule has 3 aromatic heterocycles. The van der Waals surface area contributed by atoms with E-state index in [2.05, 4.69) is 35.2 Å². The van der Waals surface area contributed by atoms with Crippen LogP contribution >= 0.6 is 0 Å². The van der Waals surface area contributed by atoms with E-state index in [4.69, 9.17) is 4.74 Å². The van der Waals surface area contributed by atoms with Gasteiger partial charge in [-0.3, -0.25) is 14.4 Å². The fourth-order valence-electron chi connectivity index (χ4n) is 3.75. The van der Waals surface area contributed by atoms with Crippen molar-refractivity contribution < 1.29 is 46.2 Å². The van der Waals surface area contributed by atoms with Crippen molar-refractivity contribution in [1.29, 1.82) is 0 Å². The number of pyridine rings is 1. The van der Waals surface area contributed by atoms with Crippen molar-refractivity contribution in [2.75, 3.05) is 19.0 Å². The molecule has 220 valence electrons. The molecule has 1 aromatic carbocycles. The highest BCUT2D eigenvalue weighted by atomic mass is 19.4. The Hall–Kier alpha value is -5.28. The number of benzene rings is 1. The number of imidazole rings is 1. The molecule has 0 radical (unpaired) electrons. The van der Waals surface area contributed by atoms with Gasteiger partial charge in [-0.1, -0.05) is 0 Å². The average Bonchev–Trinajstić information content (AvgIpc) is 3.32. The summed E-state index contributed by atoms with van der Waals surface area (Å²) in [6.07, 6.45) is -3.54. The summed E-state index contributed by atoms with van der Waals surface area (Å²) in [5, 5.41) is 9.38. The average molecular weight is 590 g/mol. The summed E-state index contributed by atoms with van der Waals surface area (Å²) in [5.41, 5.74) is 1.30. The molecule has 2 amide bonds. The number of anilines is 1. The van der Waals surface area contributed by atoms with Crippen LogP contribution in [-0.4, -0.2) is 57.4 Å². The molecule has 0 fully saturated rings. The van der Waals surface area contributed by atoms with Gasteiger partial charge in [-0.25, -0.2) is 18.9 Å².